The first kappa shape index (κ1) is 17.2. The standard InChI is InChI=1S/C16H18ClO4P/c1-3-20-22(19,21-4-2)15(16(17)18)14-11-7-9-12-8-5-6-10-13(12)14/h5-11,15H,3-4H2,1-2H3. The molecule has 2 rings (SSSR count). The molecule has 0 fully saturated rings. The van der Waals surface area contributed by atoms with Gasteiger partial charge < -0.3 is 9.05 Å². The van der Waals surface area contributed by atoms with Crippen LogP contribution in [-0.4, -0.2) is 18.5 Å². The monoisotopic (exact) mass is 340 g/mol. The van der Waals surface area contributed by atoms with Gasteiger partial charge in [-0.3, -0.25) is 9.36 Å². The van der Waals surface area contributed by atoms with Gasteiger partial charge in [0, 0.05) is 0 Å². The second-order valence-electron chi connectivity index (χ2n) is 4.65. The van der Waals surface area contributed by atoms with Crippen LogP contribution >= 0.6 is 19.2 Å². The fourth-order valence-electron chi connectivity index (χ4n) is 2.45. The highest BCUT2D eigenvalue weighted by Crippen LogP contribution is 2.62. The Labute approximate surface area is 134 Å². The maximum Gasteiger partial charge on any atom is 0.346 e. The average molecular weight is 341 g/mol. The minimum Gasteiger partial charge on any atom is -0.308 e. The fourth-order valence-corrected chi connectivity index (χ4v) is 4.84. The Morgan fingerprint density at radius 3 is 2.27 bits per heavy atom. The molecule has 0 bridgehead atoms. The highest BCUT2D eigenvalue weighted by Gasteiger charge is 2.42. The first-order valence-electron chi connectivity index (χ1n) is 7.09. The first-order chi connectivity index (χ1) is 10.5. The molecule has 0 spiro atoms. The van der Waals surface area contributed by atoms with E-state index in [1.807, 2.05) is 30.3 Å². The molecule has 22 heavy (non-hydrogen) atoms. The van der Waals surface area contributed by atoms with Crippen LogP contribution in [0, 0.1) is 0 Å². The van der Waals surface area contributed by atoms with E-state index in [2.05, 4.69) is 0 Å². The Bertz CT molecular complexity index is 701. The summed E-state index contributed by atoms with van der Waals surface area (Å²) in [5.74, 6) is 0. The molecule has 0 saturated carbocycles. The van der Waals surface area contributed by atoms with Crippen LogP contribution in [0.15, 0.2) is 42.5 Å². The van der Waals surface area contributed by atoms with Crippen LogP contribution in [0.1, 0.15) is 25.1 Å². The molecule has 0 aliphatic carbocycles. The second-order valence-corrected chi connectivity index (χ2v) is 7.14. The topological polar surface area (TPSA) is 52.6 Å². The number of halogens is 1. The third-order valence-corrected chi connectivity index (χ3v) is 6.02. The normalized spacial score (nSPS) is 13.2. The van der Waals surface area contributed by atoms with Gasteiger partial charge in [0.05, 0.1) is 13.2 Å². The summed E-state index contributed by atoms with van der Waals surface area (Å²) in [6, 6.07) is 13.0. The average Bonchev–Trinajstić information content (AvgIpc) is 2.47. The van der Waals surface area contributed by atoms with E-state index in [9.17, 15) is 9.36 Å². The molecule has 0 aliphatic heterocycles. The van der Waals surface area contributed by atoms with Crippen molar-refractivity contribution in [2.75, 3.05) is 13.2 Å². The second kappa shape index (κ2) is 7.38. The molecule has 1 unspecified atom stereocenters. The number of rotatable bonds is 7. The lowest BCUT2D eigenvalue weighted by atomic mass is 10.0. The molecule has 1 atom stereocenters. The van der Waals surface area contributed by atoms with Crippen molar-refractivity contribution in [1.82, 2.24) is 0 Å². The van der Waals surface area contributed by atoms with E-state index in [4.69, 9.17) is 20.6 Å². The van der Waals surface area contributed by atoms with Gasteiger partial charge in [0.15, 0.2) is 5.66 Å². The van der Waals surface area contributed by atoms with Gasteiger partial charge in [0.1, 0.15) is 0 Å². The largest absolute Gasteiger partial charge is 0.346 e. The van der Waals surface area contributed by atoms with Gasteiger partial charge >= 0.3 is 7.60 Å². The number of carbonyl (C=O) groups is 1. The predicted octanol–water partition coefficient (Wildman–Crippen LogP) is 4.91. The summed E-state index contributed by atoms with van der Waals surface area (Å²) in [6.07, 6.45) is 0. The van der Waals surface area contributed by atoms with E-state index in [1.54, 1.807) is 26.0 Å². The third kappa shape index (κ3) is 3.41. The van der Waals surface area contributed by atoms with E-state index in [1.165, 1.54) is 0 Å². The summed E-state index contributed by atoms with van der Waals surface area (Å²) >= 11 is 5.76. The molecule has 0 aliphatic rings. The highest BCUT2D eigenvalue weighted by molar-refractivity contribution is 7.55. The highest BCUT2D eigenvalue weighted by atomic mass is 35.5. The quantitative estimate of drug-likeness (QED) is 0.530. The molecule has 6 heteroatoms. The van der Waals surface area contributed by atoms with Crippen molar-refractivity contribution in [2.45, 2.75) is 19.5 Å². The number of fused-ring (bicyclic) bond motifs is 1. The fraction of sp³-hybridized carbons (Fsp3) is 0.312. The van der Waals surface area contributed by atoms with Crippen LogP contribution in [0.5, 0.6) is 0 Å². The van der Waals surface area contributed by atoms with Crippen molar-refractivity contribution in [3.05, 3.63) is 48.0 Å². The van der Waals surface area contributed by atoms with E-state index >= 15 is 0 Å². The van der Waals surface area contributed by atoms with Crippen LogP contribution in [0.2, 0.25) is 0 Å². The summed E-state index contributed by atoms with van der Waals surface area (Å²) in [5.41, 5.74) is -0.580. The van der Waals surface area contributed by atoms with Crippen LogP contribution < -0.4 is 0 Å². The molecule has 0 saturated heterocycles. The maximum atomic E-state index is 13.0. The van der Waals surface area contributed by atoms with Gasteiger partial charge in [-0.05, 0) is 41.8 Å². The Kier molecular flexibility index (Phi) is 5.76. The molecule has 0 N–H and O–H groups in total. The van der Waals surface area contributed by atoms with E-state index in [0.29, 0.717) is 5.56 Å². The van der Waals surface area contributed by atoms with Crippen molar-refractivity contribution >= 4 is 35.2 Å². The smallest absolute Gasteiger partial charge is 0.308 e. The molecular formula is C16H18ClO4P. The number of carbonyl (C=O) groups excluding carboxylic acids is 1. The summed E-state index contributed by atoms with van der Waals surface area (Å²) in [4.78, 5) is 12.0. The first-order valence-corrected chi connectivity index (χ1v) is 9.08. The minimum absolute atomic E-state index is 0.169. The van der Waals surface area contributed by atoms with Gasteiger partial charge in [0.2, 0.25) is 5.24 Å². The third-order valence-electron chi connectivity index (χ3n) is 3.27. The lowest BCUT2D eigenvalue weighted by Gasteiger charge is -2.24. The number of benzene rings is 2. The summed E-state index contributed by atoms with van der Waals surface area (Å²) < 4.78 is 23.7. The van der Waals surface area contributed by atoms with Gasteiger partial charge in [-0.15, -0.1) is 0 Å². The lowest BCUT2D eigenvalue weighted by Crippen LogP contribution is -2.13. The SMILES string of the molecule is CCOP(=O)(OCC)C(C(=O)Cl)c1cccc2ccccc12. The molecule has 4 nitrogen and oxygen atoms in total. The van der Waals surface area contributed by atoms with Crippen molar-refractivity contribution in [1.29, 1.82) is 0 Å². The van der Waals surface area contributed by atoms with Crippen LogP contribution in [0.3, 0.4) is 0 Å². The molecule has 2 aromatic carbocycles. The lowest BCUT2D eigenvalue weighted by molar-refractivity contribution is -0.111. The maximum absolute atomic E-state index is 13.0. The zero-order valence-electron chi connectivity index (χ0n) is 12.5. The molecule has 2 aromatic rings. The molecule has 0 aromatic heterocycles. The zero-order chi connectivity index (χ0) is 16.2. The predicted molar refractivity (Wildman–Crippen MR) is 88.4 cm³/mol. The molecule has 0 heterocycles. The van der Waals surface area contributed by atoms with Gasteiger partial charge in [0.25, 0.3) is 0 Å². The molecule has 118 valence electrons. The minimum atomic E-state index is -3.69. The van der Waals surface area contributed by atoms with Crippen molar-refractivity contribution < 1.29 is 18.4 Å². The van der Waals surface area contributed by atoms with E-state index in [-0.39, 0.29) is 13.2 Å². The number of hydrogen-bond acceptors (Lipinski definition) is 4. The molecule has 0 radical (unpaired) electrons. The van der Waals surface area contributed by atoms with Crippen molar-refractivity contribution in [3.8, 4) is 0 Å². The Morgan fingerprint density at radius 1 is 1.09 bits per heavy atom. The van der Waals surface area contributed by atoms with Gasteiger partial charge in [-0.25, -0.2) is 0 Å². The van der Waals surface area contributed by atoms with E-state index in [0.717, 1.165) is 10.8 Å². The Balaban J connectivity index is 2.64. The summed E-state index contributed by atoms with van der Waals surface area (Å²) in [5, 5.41) is 0.993. The van der Waals surface area contributed by atoms with Crippen LogP contribution in [0.4, 0.5) is 0 Å². The summed E-state index contributed by atoms with van der Waals surface area (Å²) in [7, 11) is -3.69. The van der Waals surface area contributed by atoms with Crippen molar-refractivity contribution in [2.24, 2.45) is 0 Å². The van der Waals surface area contributed by atoms with Crippen molar-refractivity contribution in [3.63, 3.8) is 0 Å². The zero-order valence-corrected chi connectivity index (χ0v) is 14.1. The van der Waals surface area contributed by atoms with Gasteiger partial charge in [-0.2, -0.15) is 0 Å². The summed E-state index contributed by atoms with van der Waals surface area (Å²) in [6.45, 7) is 3.74. The van der Waals surface area contributed by atoms with E-state index < -0.39 is 18.5 Å². The Morgan fingerprint density at radius 2 is 1.68 bits per heavy atom. The Hall–Kier alpha value is -1.19. The van der Waals surface area contributed by atoms with Gasteiger partial charge in [-0.1, -0.05) is 42.5 Å². The number of hydrogen-bond donors (Lipinski definition) is 0. The molecule has 0 amide bonds. The van der Waals surface area contributed by atoms with Crippen LogP contribution in [-0.2, 0) is 18.4 Å². The van der Waals surface area contributed by atoms with Crippen LogP contribution in [0.25, 0.3) is 10.8 Å². The molecular weight excluding hydrogens is 323 g/mol.